The van der Waals surface area contributed by atoms with Gasteiger partial charge in [-0.25, -0.2) is 9.50 Å². The number of hydrogen-bond acceptors (Lipinski definition) is 5. The summed E-state index contributed by atoms with van der Waals surface area (Å²) >= 11 is 0. The number of aromatic nitrogens is 4. The number of rotatable bonds is 7. The molecular weight excluding hydrogens is 414 g/mol. The summed E-state index contributed by atoms with van der Waals surface area (Å²) in [5, 5.41) is 5.65. The first-order chi connectivity index (χ1) is 16.1. The zero-order chi connectivity index (χ0) is 22.9. The van der Waals surface area contributed by atoms with Crippen LogP contribution in [0.5, 0.6) is 5.75 Å². The Balaban J connectivity index is 1.56. The maximum atomic E-state index is 5.61. The first-order valence-electron chi connectivity index (χ1n) is 11.8. The van der Waals surface area contributed by atoms with Gasteiger partial charge in [-0.2, -0.15) is 5.10 Å². The molecule has 3 aromatic heterocycles. The van der Waals surface area contributed by atoms with Gasteiger partial charge in [0.15, 0.2) is 11.4 Å². The van der Waals surface area contributed by atoms with Gasteiger partial charge in [0, 0.05) is 42.9 Å². The zero-order valence-corrected chi connectivity index (χ0v) is 20.0. The molecule has 33 heavy (non-hydrogen) atoms. The van der Waals surface area contributed by atoms with Crippen LogP contribution in [0.3, 0.4) is 0 Å². The van der Waals surface area contributed by atoms with Crippen LogP contribution < -0.4 is 4.74 Å². The SMILES string of the molecule is COCCN1CCCC(c2ccc3[nH]c(-c4cc(OC)c5ncnn5c4)c(C(C)C)c3c2)C1. The van der Waals surface area contributed by atoms with Gasteiger partial charge in [0.2, 0.25) is 0 Å². The van der Waals surface area contributed by atoms with Crippen LogP contribution in [0, 0.1) is 0 Å². The highest BCUT2D eigenvalue weighted by Gasteiger charge is 2.23. The molecule has 4 aromatic rings. The maximum absolute atomic E-state index is 5.61. The highest BCUT2D eigenvalue weighted by atomic mass is 16.5. The average Bonchev–Trinajstić information content (AvgIpc) is 3.46. The smallest absolute Gasteiger partial charge is 0.197 e. The second kappa shape index (κ2) is 9.15. The zero-order valence-electron chi connectivity index (χ0n) is 20.0. The Morgan fingerprint density at radius 3 is 2.88 bits per heavy atom. The maximum Gasteiger partial charge on any atom is 0.197 e. The number of methoxy groups -OCH3 is 2. The first-order valence-corrected chi connectivity index (χ1v) is 11.8. The molecule has 7 heteroatoms. The van der Waals surface area contributed by atoms with Crippen LogP contribution in [-0.2, 0) is 4.74 Å². The van der Waals surface area contributed by atoms with Gasteiger partial charge >= 0.3 is 0 Å². The number of aromatic amines is 1. The quantitative estimate of drug-likeness (QED) is 0.439. The lowest BCUT2D eigenvalue weighted by Gasteiger charge is -2.32. The van der Waals surface area contributed by atoms with E-state index in [2.05, 4.69) is 58.1 Å². The second-order valence-electron chi connectivity index (χ2n) is 9.33. The molecule has 1 fully saturated rings. The molecule has 1 aliphatic heterocycles. The van der Waals surface area contributed by atoms with E-state index in [4.69, 9.17) is 9.47 Å². The Kier molecular flexibility index (Phi) is 6.08. The fourth-order valence-electron chi connectivity index (χ4n) is 5.25. The molecule has 0 amide bonds. The molecule has 0 aliphatic carbocycles. The van der Waals surface area contributed by atoms with Crippen molar-refractivity contribution in [2.24, 2.45) is 0 Å². The summed E-state index contributed by atoms with van der Waals surface area (Å²) < 4.78 is 12.7. The van der Waals surface area contributed by atoms with Gasteiger partial charge in [0.25, 0.3) is 0 Å². The normalized spacial score (nSPS) is 17.4. The number of nitrogens with zero attached hydrogens (tertiary/aromatic N) is 4. The number of pyridine rings is 1. The fourth-order valence-corrected chi connectivity index (χ4v) is 5.25. The lowest BCUT2D eigenvalue weighted by atomic mass is 9.88. The van der Waals surface area contributed by atoms with Crippen molar-refractivity contribution in [1.29, 1.82) is 0 Å². The Hall–Kier alpha value is -2.90. The molecule has 5 rings (SSSR count). The number of piperidine rings is 1. The summed E-state index contributed by atoms with van der Waals surface area (Å²) in [6.07, 6.45) is 6.06. The molecule has 0 bridgehead atoms. The van der Waals surface area contributed by atoms with Crippen molar-refractivity contribution in [2.75, 3.05) is 40.5 Å². The monoisotopic (exact) mass is 447 g/mol. The van der Waals surface area contributed by atoms with E-state index in [0.717, 1.165) is 42.4 Å². The Morgan fingerprint density at radius 1 is 1.21 bits per heavy atom. The molecule has 1 N–H and O–H groups in total. The topological polar surface area (TPSA) is 67.7 Å². The van der Waals surface area contributed by atoms with E-state index < -0.39 is 0 Å². The molecule has 1 saturated heterocycles. The van der Waals surface area contributed by atoms with Gasteiger partial charge in [-0.3, -0.25) is 0 Å². The first kappa shape index (κ1) is 21.9. The van der Waals surface area contributed by atoms with Gasteiger partial charge in [-0.05, 0) is 60.5 Å². The number of hydrogen-bond donors (Lipinski definition) is 1. The highest BCUT2D eigenvalue weighted by Crippen LogP contribution is 2.39. The summed E-state index contributed by atoms with van der Waals surface area (Å²) in [7, 11) is 3.46. The molecule has 1 atom stereocenters. The van der Waals surface area contributed by atoms with E-state index >= 15 is 0 Å². The van der Waals surface area contributed by atoms with Crippen LogP contribution in [0.2, 0.25) is 0 Å². The second-order valence-corrected chi connectivity index (χ2v) is 9.33. The van der Waals surface area contributed by atoms with Crippen molar-refractivity contribution < 1.29 is 9.47 Å². The van der Waals surface area contributed by atoms with E-state index in [1.165, 1.54) is 41.4 Å². The number of likely N-dealkylation sites (tertiary alicyclic amines) is 1. The summed E-state index contributed by atoms with van der Waals surface area (Å²) in [4.78, 5) is 10.5. The Morgan fingerprint density at radius 2 is 2.09 bits per heavy atom. The van der Waals surface area contributed by atoms with E-state index in [9.17, 15) is 0 Å². The number of nitrogens with one attached hydrogen (secondary N) is 1. The largest absolute Gasteiger partial charge is 0.493 e. The standard InChI is InChI=1S/C26H33N5O2/c1-17(2)24-21-12-18(19-6-5-9-30(14-19)10-11-32-3)7-8-22(21)29-25(24)20-13-23(33-4)26-27-16-28-31(26)15-20/h7-8,12-13,15-17,19,29H,5-6,9-11,14H2,1-4H3. The minimum absolute atomic E-state index is 0.367. The Bertz CT molecular complexity index is 1260. The van der Waals surface area contributed by atoms with E-state index in [1.54, 1.807) is 25.1 Å². The predicted molar refractivity (Wildman–Crippen MR) is 131 cm³/mol. The summed E-state index contributed by atoms with van der Waals surface area (Å²) in [5.74, 6) is 1.65. The molecule has 174 valence electrons. The number of fused-ring (bicyclic) bond motifs is 2. The number of benzene rings is 1. The highest BCUT2D eigenvalue weighted by molar-refractivity contribution is 5.92. The molecule has 0 saturated carbocycles. The van der Waals surface area contributed by atoms with Crippen molar-refractivity contribution >= 4 is 16.6 Å². The summed E-state index contributed by atoms with van der Waals surface area (Å²) in [5.41, 5.74) is 6.83. The minimum atomic E-state index is 0.367. The fraction of sp³-hybridized carbons (Fsp3) is 0.462. The van der Waals surface area contributed by atoms with Gasteiger partial charge < -0.3 is 19.4 Å². The molecular formula is C26H33N5O2. The lowest BCUT2D eigenvalue weighted by molar-refractivity contribution is 0.128. The van der Waals surface area contributed by atoms with Gasteiger partial charge in [0.1, 0.15) is 6.33 Å². The predicted octanol–water partition coefficient (Wildman–Crippen LogP) is 4.84. The average molecular weight is 448 g/mol. The number of ether oxygens (including phenoxy) is 2. The van der Waals surface area contributed by atoms with Crippen LogP contribution in [-0.4, -0.2) is 64.9 Å². The van der Waals surface area contributed by atoms with E-state index in [0.29, 0.717) is 11.8 Å². The molecule has 1 aliphatic rings. The summed E-state index contributed by atoms with van der Waals surface area (Å²) in [6, 6.07) is 9.02. The molecule has 0 radical (unpaired) electrons. The van der Waals surface area contributed by atoms with Crippen molar-refractivity contribution in [3.8, 4) is 17.0 Å². The van der Waals surface area contributed by atoms with Crippen LogP contribution in [0.15, 0.2) is 36.8 Å². The minimum Gasteiger partial charge on any atom is -0.493 e. The molecule has 1 unspecified atom stereocenters. The molecule has 0 spiro atoms. The Labute approximate surface area is 194 Å². The number of H-pyrrole nitrogens is 1. The van der Waals surface area contributed by atoms with Gasteiger partial charge in [-0.15, -0.1) is 0 Å². The van der Waals surface area contributed by atoms with Crippen LogP contribution in [0.25, 0.3) is 27.8 Å². The van der Waals surface area contributed by atoms with Crippen LogP contribution in [0.4, 0.5) is 0 Å². The lowest BCUT2D eigenvalue weighted by Crippen LogP contribution is -2.36. The third-order valence-electron chi connectivity index (χ3n) is 6.88. The molecule has 7 nitrogen and oxygen atoms in total. The van der Waals surface area contributed by atoms with Crippen molar-refractivity contribution in [3.63, 3.8) is 0 Å². The van der Waals surface area contributed by atoms with Gasteiger partial charge in [-0.1, -0.05) is 19.9 Å². The van der Waals surface area contributed by atoms with E-state index in [-0.39, 0.29) is 0 Å². The van der Waals surface area contributed by atoms with Gasteiger partial charge in [0.05, 0.1) is 19.4 Å². The third-order valence-corrected chi connectivity index (χ3v) is 6.88. The van der Waals surface area contributed by atoms with Crippen molar-refractivity contribution in [3.05, 3.63) is 47.9 Å². The molecule has 4 heterocycles. The molecule has 1 aromatic carbocycles. The third kappa shape index (κ3) is 4.11. The van der Waals surface area contributed by atoms with Crippen LogP contribution >= 0.6 is 0 Å². The van der Waals surface area contributed by atoms with Crippen molar-refractivity contribution in [1.82, 2.24) is 24.5 Å². The van der Waals surface area contributed by atoms with Crippen molar-refractivity contribution in [2.45, 2.75) is 38.5 Å². The van der Waals surface area contributed by atoms with E-state index in [1.807, 2.05) is 6.20 Å². The van der Waals surface area contributed by atoms with Crippen LogP contribution in [0.1, 0.15) is 49.7 Å². The summed E-state index contributed by atoms with van der Waals surface area (Å²) in [6.45, 7) is 8.59.